The van der Waals surface area contributed by atoms with E-state index in [1.165, 1.54) is 6.42 Å². The molecule has 116 valence electrons. The second-order valence-electron chi connectivity index (χ2n) is 7.56. The molecule has 0 bridgehead atoms. The van der Waals surface area contributed by atoms with Gasteiger partial charge in [0.2, 0.25) is 0 Å². The smallest absolute Gasteiger partial charge is 0.408 e. The number of aliphatic hydroxyl groups excluding tert-OH is 1. The minimum Gasteiger partial charge on any atom is -0.444 e. The SMILES string of the molecule is CC(C)(C)OC(=O)NC1(C2(CO)CCC2)CCCCC1. The van der Waals surface area contributed by atoms with Crippen LogP contribution in [0.4, 0.5) is 4.79 Å². The molecule has 2 aliphatic carbocycles. The summed E-state index contributed by atoms with van der Waals surface area (Å²) in [5.41, 5.74) is -0.864. The molecule has 0 aromatic heterocycles. The molecule has 0 radical (unpaired) electrons. The Balaban J connectivity index is 2.13. The average molecular weight is 283 g/mol. The summed E-state index contributed by atoms with van der Waals surface area (Å²) in [5.74, 6) is 0. The maximum absolute atomic E-state index is 12.2. The van der Waals surface area contributed by atoms with E-state index in [9.17, 15) is 9.90 Å². The van der Waals surface area contributed by atoms with Crippen LogP contribution in [0.3, 0.4) is 0 Å². The predicted molar refractivity (Wildman–Crippen MR) is 78.6 cm³/mol. The van der Waals surface area contributed by atoms with Crippen molar-refractivity contribution in [2.45, 2.75) is 83.3 Å². The number of aliphatic hydroxyl groups is 1. The van der Waals surface area contributed by atoms with Crippen molar-refractivity contribution in [3.63, 3.8) is 0 Å². The van der Waals surface area contributed by atoms with Crippen molar-refractivity contribution in [3.05, 3.63) is 0 Å². The van der Waals surface area contributed by atoms with Crippen LogP contribution >= 0.6 is 0 Å². The first-order chi connectivity index (χ1) is 9.33. The van der Waals surface area contributed by atoms with Crippen LogP contribution in [0.25, 0.3) is 0 Å². The highest BCUT2D eigenvalue weighted by atomic mass is 16.6. The third kappa shape index (κ3) is 2.95. The topological polar surface area (TPSA) is 58.6 Å². The molecule has 0 aliphatic heterocycles. The number of hydrogen-bond acceptors (Lipinski definition) is 3. The van der Waals surface area contributed by atoms with Gasteiger partial charge in [-0.3, -0.25) is 0 Å². The lowest BCUT2D eigenvalue weighted by molar-refractivity contribution is -0.0683. The molecule has 1 amide bonds. The molecule has 0 atom stereocenters. The van der Waals surface area contributed by atoms with Gasteiger partial charge in [0.25, 0.3) is 0 Å². The maximum Gasteiger partial charge on any atom is 0.408 e. The highest BCUT2D eigenvalue weighted by Gasteiger charge is 2.55. The minimum absolute atomic E-state index is 0.121. The number of nitrogens with one attached hydrogen (secondary N) is 1. The Bertz CT molecular complexity index is 344. The minimum atomic E-state index is -0.480. The van der Waals surface area contributed by atoms with Crippen molar-refractivity contribution < 1.29 is 14.6 Å². The molecule has 2 fully saturated rings. The van der Waals surface area contributed by atoms with E-state index >= 15 is 0 Å². The largest absolute Gasteiger partial charge is 0.444 e. The van der Waals surface area contributed by atoms with Gasteiger partial charge in [-0.1, -0.05) is 25.7 Å². The molecular formula is C16H29NO3. The summed E-state index contributed by atoms with van der Waals surface area (Å²) < 4.78 is 5.44. The number of carbonyl (C=O) groups excluding carboxylic acids is 1. The Morgan fingerprint density at radius 1 is 1.10 bits per heavy atom. The molecule has 0 aromatic rings. The van der Waals surface area contributed by atoms with Crippen LogP contribution < -0.4 is 5.32 Å². The van der Waals surface area contributed by atoms with E-state index in [2.05, 4.69) is 5.32 Å². The first kappa shape index (κ1) is 15.6. The fraction of sp³-hybridized carbons (Fsp3) is 0.938. The number of alkyl carbamates (subject to hydrolysis) is 1. The Labute approximate surface area is 122 Å². The predicted octanol–water partition coefficient (Wildman–Crippen LogP) is 3.38. The van der Waals surface area contributed by atoms with Gasteiger partial charge in [0.05, 0.1) is 12.1 Å². The van der Waals surface area contributed by atoms with Crippen molar-refractivity contribution >= 4 is 6.09 Å². The second kappa shape index (κ2) is 5.55. The zero-order valence-electron chi connectivity index (χ0n) is 13.1. The van der Waals surface area contributed by atoms with Gasteiger partial charge in [-0.2, -0.15) is 0 Å². The second-order valence-corrected chi connectivity index (χ2v) is 7.56. The molecule has 0 saturated heterocycles. The molecular weight excluding hydrogens is 254 g/mol. The quantitative estimate of drug-likeness (QED) is 0.835. The summed E-state index contributed by atoms with van der Waals surface area (Å²) in [5, 5.41) is 13.1. The van der Waals surface area contributed by atoms with Crippen molar-refractivity contribution in [3.8, 4) is 0 Å². The zero-order valence-corrected chi connectivity index (χ0v) is 13.1. The first-order valence-electron chi connectivity index (χ1n) is 7.95. The third-order valence-electron chi connectivity index (χ3n) is 5.08. The third-order valence-corrected chi connectivity index (χ3v) is 5.08. The van der Waals surface area contributed by atoms with E-state index < -0.39 is 5.60 Å². The summed E-state index contributed by atoms with van der Waals surface area (Å²) in [6.07, 6.45) is 8.24. The van der Waals surface area contributed by atoms with Gasteiger partial charge < -0.3 is 15.2 Å². The molecule has 2 N–H and O–H groups in total. The molecule has 2 aliphatic rings. The van der Waals surface area contributed by atoms with Crippen LogP contribution in [-0.4, -0.2) is 28.9 Å². The Kier molecular flexibility index (Phi) is 4.33. The monoisotopic (exact) mass is 283 g/mol. The summed E-state index contributed by atoms with van der Waals surface area (Å²) in [4.78, 5) is 12.2. The lowest BCUT2D eigenvalue weighted by Crippen LogP contribution is -2.65. The van der Waals surface area contributed by atoms with Crippen molar-refractivity contribution in [2.24, 2.45) is 5.41 Å². The Hall–Kier alpha value is -0.770. The van der Waals surface area contributed by atoms with Crippen LogP contribution in [-0.2, 0) is 4.74 Å². The van der Waals surface area contributed by atoms with Crippen LogP contribution in [0.5, 0.6) is 0 Å². The highest BCUT2D eigenvalue weighted by Crippen LogP contribution is 2.54. The molecule has 4 nitrogen and oxygen atoms in total. The summed E-state index contributed by atoms with van der Waals surface area (Å²) in [6.45, 7) is 5.81. The van der Waals surface area contributed by atoms with Crippen LogP contribution in [0, 0.1) is 5.41 Å². The molecule has 0 heterocycles. The van der Waals surface area contributed by atoms with E-state index in [1.54, 1.807) is 0 Å². The number of ether oxygens (including phenoxy) is 1. The zero-order chi connectivity index (χ0) is 14.9. The maximum atomic E-state index is 12.2. The van der Waals surface area contributed by atoms with Gasteiger partial charge in [0.1, 0.15) is 5.60 Å². The van der Waals surface area contributed by atoms with Gasteiger partial charge >= 0.3 is 6.09 Å². The lowest BCUT2D eigenvalue weighted by atomic mass is 9.53. The number of carbonyl (C=O) groups is 1. The molecule has 2 saturated carbocycles. The molecule has 0 spiro atoms. The molecule has 4 heteroatoms. The van der Waals surface area contributed by atoms with Crippen molar-refractivity contribution in [2.75, 3.05) is 6.61 Å². The van der Waals surface area contributed by atoms with Gasteiger partial charge in [-0.05, 0) is 46.5 Å². The lowest BCUT2D eigenvalue weighted by Gasteiger charge is -2.57. The molecule has 2 rings (SSSR count). The standard InChI is InChI=1S/C16H29NO3/c1-14(2,3)20-13(19)17-16(10-5-4-6-11-16)15(12-18)8-7-9-15/h18H,4-12H2,1-3H3,(H,17,19). The molecule has 0 unspecified atom stereocenters. The number of rotatable bonds is 3. The highest BCUT2D eigenvalue weighted by molar-refractivity contribution is 5.69. The van der Waals surface area contributed by atoms with Gasteiger partial charge in [0.15, 0.2) is 0 Å². The summed E-state index contributed by atoms with van der Waals surface area (Å²) >= 11 is 0. The summed E-state index contributed by atoms with van der Waals surface area (Å²) in [6, 6.07) is 0. The number of amides is 1. The number of hydrogen-bond donors (Lipinski definition) is 2. The Morgan fingerprint density at radius 2 is 1.70 bits per heavy atom. The Morgan fingerprint density at radius 3 is 2.10 bits per heavy atom. The van der Waals surface area contributed by atoms with Crippen molar-refractivity contribution in [1.29, 1.82) is 0 Å². The van der Waals surface area contributed by atoms with E-state index in [4.69, 9.17) is 4.74 Å². The van der Waals surface area contributed by atoms with Crippen LogP contribution in [0.15, 0.2) is 0 Å². The average Bonchev–Trinajstić information content (AvgIpc) is 2.26. The summed E-state index contributed by atoms with van der Waals surface area (Å²) in [7, 11) is 0. The van der Waals surface area contributed by atoms with Gasteiger partial charge in [0, 0.05) is 5.41 Å². The van der Waals surface area contributed by atoms with Gasteiger partial charge in [-0.15, -0.1) is 0 Å². The van der Waals surface area contributed by atoms with E-state index in [1.807, 2.05) is 20.8 Å². The van der Waals surface area contributed by atoms with Crippen molar-refractivity contribution in [1.82, 2.24) is 5.32 Å². The normalized spacial score (nSPS) is 24.6. The molecule has 20 heavy (non-hydrogen) atoms. The van der Waals surface area contributed by atoms with E-state index in [-0.39, 0.29) is 23.7 Å². The van der Waals surface area contributed by atoms with E-state index in [0.717, 1.165) is 44.9 Å². The fourth-order valence-electron chi connectivity index (χ4n) is 3.83. The van der Waals surface area contributed by atoms with Crippen LogP contribution in [0.1, 0.15) is 72.1 Å². The van der Waals surface area contributed by atoms with Gasteiger partial charge in [-0.25, -0.2) is 4.79 Å². The first-order valence-corrected chi connectivity index (χ1v) is 7.95. The molecule has 0 aromatic carbocycles. The van der Waals surface area contributed by atoms with E-state index in [0.29, 0.717) is 0 Å². The fourth-order valence-corrected chi connectivity index (χ4v) is 3.83. The van der Waals surface area contributed by atoms with Crippen LogP contribution in [0.2, 0.25) is 0 Å².